The molecule has 4 rings (SSSR count). The Hall–Kier alpha value is -2.69. The number of nitrogens with zero attached hydrogens (tertiary/aromatic N) is 2. The first-order valence-electron chi connectivity index (χ1n) is 10.4. The molecule has 0 bridgehead atoms. The summed E-state index contributed by atoms with van der Waals surface area (Å²) in [6.45, 7) is 7.23. The lowest BCUT2D eigenvalue weighted by molar-refractivity contribution is 0.212. The van der Waals surface area contributed by atoms with Crippen molar-refractivity contribution in [3.63, 3.8) is 0 Å². The van der Waals surface area contributed by atoms with Crippen LogP contribution in [0.1, 0.15) is 22.7 Å². The van der Waals surface area contributed by atoms with Gasteiger partial charge in [-0.2, -0.15) is 0 Å². The molecule has 3 aromatic rings. The maximum Gasteiger partial charge on any atom is 0.123 e. The first-order valence-corrected chi connectivity index (χ1v) is 10.8. The quantitative estimate of drug-likeness (QED) is 0.419. The van der Waals surface area contributed by atoms with E-state index < -0.39 is 0 Å². The van der Waals surface area contributed by atoms with Crippen LogP contribution in [0.3, 0.4) is 0 Å². The standard InChI is InChI=1S/C26H25ClF2N2/c1-2-3-21-18-22(27)8-13-25(21)30-14-16-31(17-15-30)26(19-4-9-23(28)10-5-19)20-6-11-24(29)12-7-20/h2,4-13,18,26H,1,3,14-17H2. The average molecular weight is 439 g/mol. The highest BCUT2D eigenvalue weighted by atomic mass is 35.5. The van der Waals surface area contributed by atoms with Gasteiger partial charge in [0, 0.05) is 36.9 Å². The lowest BCUT2D eigenvalue weighted by Crippen LogP contribution is -2.48. The average Bonchev–Trinajstić information content (AvgIpc) is 2.78. The van der Waals surface area contributed by atoms with Crippen molar-refractivity contribution in [2.75, 3.05) is 31.1 Å². The van der Waals surface area contributed by atoms with Crippen LogP contribution in [-0.2, 0) is 6.42 Å². The second-order valence-electron chi connectivity index (χ2n) is 7.79. The van der Waals surface area contributed by atoms with Gasteiger partial charge < -0.3 is 4.90 Å². The molecule has 0 spiro atoms. The predicted octanol–water partition coefficient (Wildman–Crippen LogP) is 6.26. The van der Waals surface area contributed by atoms with Crippen LogP contribution in [-0.4, -0.2) is 31.1 Å². The Morgan fingerprint density at radius 2 is 1.39 bits per heavy atom. The van der Waals surface area contributed by atoms with Crippen molar-refractivity contribution >= 4 is 17.3 Å². The maximum atomic E-state index is 13.5. The predicted molar refractivity (Wildman–Crippen MR) is 124 cm³/mol. The van der Waals surface area contributed by atoms with Gasteiger partial charge in [0.25, 0.3) is 0 Å². The lowest BCUT2D eigenvalue weighted by Gasteiger charge is -2.41. The third-order valence-corrected chi connectivity index (χ3v) is 6.03. The van der Waals surface area contributed by atoms with E-state index in [-0.39, 0.29) is 17.7 Å². The molecule has 0 amide bonds. The monoisotopic (exact) mass is 438 g/mol. The molecular formula is C26H25ClF2N2. The van der Waals surface area contributed by atoms with E-state index in [2.05, 4.69) is 22.4 Å². The fourth-order valence-electron chi connectivity index (χ4n) is 4.31. The summed E-state index contributed by atoms with van der Waals surface area (Å²) in [6.07, 6.45) is 2.66. The van der Waals surface area contributed by atoms with Gasteiger partial charge in [0.15, 0.2) is 0 Å². The van der Waals surface area contributed by atoms with E-state index in [9.17, 15) is 8.78 Å². The molecule has 31 heavy (non-hydrogen) atoms. The van der Waals surface area contributed by atoms with Crippen molar-refractivity contribution < 1.29 is 8.78 Å². The molecule has 0 N–H and O–H groups in total. The van der Waals surface area contributed by atoms with Crippen LogP contribution in [0, 0.1) is 11.6 Å². The SMILES string of the molecule is C=CCc1cc(Cl)ccc1N1CCN(C(c2ccc(F)cc2)c2ccc(F)cc2)CC1. The summed E-state index contributed by atoms with van der Waals surface area (Å²) in [5, 5.41) is 0.729. The van der Waals surface area contributed by atoms with Gasteiger partial charge in [-0.3, -0.25) is 4.90 Å². The number of anilines is 1. The molecule has 3 aromatic carbocycles. The smallest absolute Gasteiger partial charge is 0.123 e. The maximum absolute atomic E-state index is 13.5. The molecule has 1 aliphatic rings. The zero-order chi connectivity index (χ0) is 21.8. The highest BCUT2D eigenvalue weighted by Crippen LogP contribution is 2.32. The largest absolute Gasteiger partial charge is 0.369 e. The van der Waals surface area contributed by atoms with Crippen LogP contribution in [0.25, 0.3) is 0 Å². The molecule has 0 aromatic heterocycles. The number of rotatable bonds is 6. The number of hydrogen-bond acceptors (Lipinski definition) is 2. The van der Waals surface area contributed by atoms with Crippen molar-refractivity contribution in [1.82, 2.24) is 4.90 Å². The summed E-state index contributed by atoms with van der Waals surface area (Å²) in [5.41, 5.74) is 4.36. The van der Waals surface area contributed by atoms with Crippen molar-refractivity contribution in [2.24, 2.45) is 0 Å². The molecular weight excluding hydrogens is 414 g/mol. The van der Waals surface area contributed by atoms with Crippen LogP contribution >= 0.6 is 11.6 Å². The van der Waals surface area contributed by atoms with Gasteiger partial charge in [-0.25, -0.2) is 8.78 Å². The summed E-state index contributed by atoms with van der Waals surface area (Å²) in [6, 6.07) is 19.2. The van der Waals surface area contributed by atoms with E-state index in [4.69, 9.17) is 11.6 Å². The Morgan fingerprint density at radius 3 is 1.90 bits per heavy atom. The van der Waals surface area contributed by atoms with Crippen LogP contribution in [0.4, 0.5) is 14.5 Å². The summed E-state index contributed by atoms with van der Waals surface area (Å²) in [7, 11) is 0. The van der Waals surface area contributed by atoms with Gasteiger partial charge in [-0.05, 0) is 65.6 Å². The van der Waals surface area contributed by atoms with Gasteiger partial charge in [0.2, 0.25) is 0 Å². The first-order chi connectivity index (χ1) is 15.0. The highest BCUT2D eigenvalue weighted by molar-refractivity contribution is 6.30. The van der Waals surface area contributed by atoms with Crippen molar-refractivity contribution in [2.45, 2.75) is 12.5 Å². The molecule has 0 unspecified atom stereocenters. The lowest BCUT2D eigenvalue weighted by atomic mass is 9.96. The van der Waals surface area contributed by atoms with Crippen molar-refractivity contribution in [1.29, 1.82) is 0 Å². The molecule has 2 nitrogen and oxygen atoms in total. The topological polar surface area (TPSA) is 6.48 Å². The minimum absolute atomic E-state index is 0.0544. The molecule has 1 fully saturated rings. The molecule has 1 aliphatic heterocycles. The van der Waals surface area contributed by atoms with Crippen molar-refractivity contribution in [3.8, 4) is 0 Å². The number of allylic oxidation sites excluding steroid dienone is 1. The first kappa shape index (κ1) is 21.5. The fraction of sp³-hybridized carbons (Fsp3) is 0.231. The number of halogens is 3. The third-order valence-electron chi connectivity index (χ3n) is 5.80. The normalized spacial score (nSPS) is 14.8. The summed E-state index contributed by atoms with van der Waals surface area (Å²) < 4.78 is 27.1. The molecule has 1 saturated heterocycles. The zero-order valence-corrected chi connectivity index (χ0v) is 18.0. The molecule has 0 atom stereocenters. The second kappa shape index (κ2) is 9.63. The van der Waals surface area contributed by atoms with Gasteiger partial charge >= 0.3 is 0 Å². The molecule has 0 saturated carbocycles. The minimum atomic E-state index is -0.260. The van der Waals surface area contributed by atoms with Gasteiger partial charge in [-0.1, -0.05) is 41.9 Å². The molecule has 0 radical (unpaired) electrons. The second-order valence-corrected chi connectivity index (χ2v) is 8.23. The summed E-state index contributed by atoms with van der Waals surface area (Å²) in [5.74, 6) is -0.521. The zero-order valence-electron chi connectivity index (χ0n) is 17.3. The summed E-state index contributed by atoms with van der Waals surface area (Å²) >= 11 is 6.20. The molecule has 1 heterocycles. The van der Waals surface area contributed by atoms with E-state index in [1.807, 2.05) is 42.5 Å². The Labute approximate surface area is 187 Å². The van der Waals surface area contributed by atoms with E-state index in [0.29, 0.717) is 0 Å². The van der Waals surface area contributed by atoms with Gasteiger partial charge in [-0.15, -0.1) is 6.58 Å². The Morgan fingerprint density at radius 1 is 0.839 bits per heavy atom. The van der Waals surface area contributed by atoms with E-state index in [1.165, 1.54) is 35.5 Å². The Kier molecular flexibility index (Phi) is 6.69. The van der Waals surface area contributed by atoms with Gasteiger partial charge in [0.05, 0.1) is 6.04 Å². The third kappa shape index (κ3) is 4.97. The minimum Gasteiger partial charge on any atom is -0.369 e. The molecule has 5 heteroatoms. The van der Waals surface area contributed by atoms with E-state index in [1.54, 1.807) is 0 Å². The fourth-order valence-corrected chi connectivity index (χ4v) is 4.50. The summed E-state index contributed by atoms with van der Waals surface area (Å²) in [4.78, 5) is 4.75. The number of piperazine rings is 1. The van der Waals surface area contributed by atoms with E-state index in [0.717, 1.165) is 48.7 Å². The van der Waals surface area contributed by atoms with E-state index >= 15 is 0 Å². The number of hydrogen-bond donors (Lipinski definition) is 0. The van der Waals surface area contributed by atoms with Crippen LogP contribution in [0.2, 0.25) is 5.02 Å². The Balaban J connectivity index is 1.57. The molecule has 160 valence electrons. The van der Waals surface area contributed by atoms with Gasteiger partial charge in [0.1, 0.15) is 11.6 Å². The van der Waals surface area contributed by atoms with Crippen LogP contribution in [0.15, 0.2) is 79.4 Å². The van der Waals surface area contributed by atoms with Crippen molar-refractivity contribution in [3.05, 3.63) is 113 Å². The van der Waals surface area contributed by atoms with Crippen LogP contribution < -0.4 is 4.90 Å². The molecule has 0 aliphatic carbocycles. The number of benzene rings is 3. The Bertz CT molecular complexity index is 981. The van der Waals surface area contributed by atoms with Crippen LogP contribution in [0.5, 0.6) is 0 Å². The highest BCUT2D eigenvalue weighted by Gasteiger charge is 2.27.